The van der Waals surface area contributed by atoms with Crippen molar-refractivity contribution in [2.24, 2.45) is 0 Å². The summed E-state index contributed by atoms with van der Waals surface area (Å²) in [6, 6.07) is 13.5. The van der Waals surface area contributed by atoms with Gasteiger partial charge >= 0.3 is 5.97 Å². The predicted molar refractivity (Wildman–Crippen MR) is 107 cm³/mol. The first kappa shape index (κ1) is 20.4. The lowest BCUT2D eigenvalue weighted by molar-refractivity contribution is 0.0694. The van der Waals surface area contributed by atoms with Crippen molar-refractivity contribution in [3.63, 3.8) is 0 Å². The molecular weight excluding hydrogens is 343 g/mol. The molecule has 0 saturated heterocycles. The highest BCUT2D eigenvalue weighted by Gasteiger charge is 2.24. The molecule has 0 heterocycles. The summed E-state index contributed by atoms with van der Waals surface area (Å²) in [6.07, 6.45) is 10.2. The first-order valence-electron chi connectivity index (χ1n) is 9.06. The van der Waals surface area contributed by atoms with E-state index in [1.165, 1.54) is 12.1 Å². The molecule has 0 saturated carbocycles. The molecule has 0 radical (unpaired) electrons. The first-order valence-corrected chi connectivity index (χ1v) is 9.06. The third-order valence-corrected chi connectivity index (χ3v) is 4.20. The maximum atomic E-state index is 14.1. The van der Waals surface area contributed by atoms with E-state index in [9.17, 15) is 9.18 Å². The monoisotopic (exact) mass is 368 g/mol. The van der Waals surface area contributed by atoms with Gasteiger partial charge in [-0.1, -0.05) is 61.9 Å². The molecular formula is C23H25FO3. The summed E-state index contributed by atoms with van der Waals surface area (Å²) in [4.78, 5) is 11.1. The maximum absolute atomic E-state index is 14.1. The smallest absolute Gasteiger partial charge is 0.335 e. The van der Waals surface area contributed by atoms with Crippen LogP contribution in [0.25, 0.3) is 6.08 Å². The van der Waals surface area contributed by atoms with Crippen LogP contribution >= 0.6 is 0 Å². The van der Waals surface area contributed by atoms with Gasteiger partial charge in [-0.25, -0.2) is 9.18 Å². The van der Waals surface area contributed by atoms with Gasteiger partial charge in [-0.15, -0.1) is 0 Å². The fourth-order valence-electron chi connectivity index (χ4n) is 2.65. The minimum Gasteiger partial charge on any atom is -0.480 e. The number of rotatable bonds is 9. The molecule has 1 unspecified atom stereocenters. The van der Waals surface area contributed by atoms with Crippen molar-refractivity contribution >= 4 is 12.0 Å². The van der Waals surface area contributed by atoms with Crippen molar-refractivity contribution in [2.45, 2.75) is 38.7 Å². The Morgan fingerprint density at radius 3 is 2.59 bits per heavy atom. The van der Waals surface area contributed by atoms with Gasteiger partial charge in [-0.05, 0) is 49.6 Å². The van der Waals surface area contributed by atoms with Gasteiger partial charge in [0.25, 0.3) is 0 Å². The molecule has 0 bridgehead atoms. The minimum atomic E-state index is -1.11. The SMILES string of the molecule is CCCCC(C)(/C=C/C=C\c1ccccc1)Oc1cc(C(=O)O)ccc1F. The zero-order valence-corrected chi connectivity index (χ0v) is 15.7. The van der Waals surface area contributed by atoms with Gasteiger partial charge in [0.1, 0.15) is 5.60 Å². The number of benzene rings is 2. The Labute approximate surface area is 159 Å². The van der Waals surface area contributed by atoms with E-state index in [1.807, 2.05) is 61.6 Å². The number of carboxylic acids is 1. The molecule has 142 valence electrons. The summed E-state index contributed by atoms with van der Waals surface area (Å²) in [7, 11) is 0. The third-order valence-electron chi connectivity index (χ3n) is 4.20. The number of ether oxygens (including phenoxy) is 1. The van der Waals surface area contributed by atoms with Crippen LogP contribution in [0.2, 0.25) is 0 Å². The Morgan fingerprint density at radius 1 is 1.19 bits per heavy atom. The van der Waals surface area contributed by atoms with E-state index in [2.05, 4.69) is 6.92 Å². The van der Waals surface area contributed by atoms with E-state index in [0.29, 0.717) is 6.42 Å². The van der Waals surface area contributed by atoms with Gasteiger partial charge in [-0.3, -0.25) is 0 Å². The fraction of sp³-hybridized carbons (Fsp3) is 0.261. The zero-order chi connectivity index (χ0) is 19.7. The predicted octanol–water partition coefficient (Wildman–Crippen LogP) is 6.12. The normalized spacial score (nSPS) is 13.7. The Kier molecular flexibility index (Phi) is 7.35. The van der Waals surface area contributed by atoms with Crippen LogP contribution in [0.5, 0.6) is 5.75 Å². The Balaban J connectivity index is 2.20. The number of allylic oxidation sites excluding steroid dienone is 2. The largest absolute Gasteiger partial charge is 0.480 e. The minimum absolute atomic E-state index is 0.00260. The van der Waals surface area contributed by atoms with Crippen LogP contribution in [0.1, 0.15) is 49.0 Å². The highest BCUT2D eigenvalue weighted by molar-refractivity contribution is 5.88. The van der Waals surface area contributed by atoms with Gasteiger partial charge in [0, 0.05) is 0 Å². The number of hydrogen-bond donors (Lipinski definition) is 1. The van der Waals surface area contributed by atoms with E-state index in [1.54, 1.807) is 0 Å². The highest BCUT2D eigenvalue weighted by Crippen LogP contribution is 2.28. The molecule has 0 spiro atoms. The molecule has 0 aromatic heterocycles. The summed E-state index contributed by atoms with van der Waals surface area (Å²) >= 11 is 0. The molecule has 1 N–H and O–H groups in total. The lowest BCUT2D eigenvalue weighted by Gasteiger charge is -2.28. The van der Waals surface area contributed by atoms with Crippen molar-refractivity contribution in [3.05, 3.63) is 83.7 Å². The van der Waals surface area contributed by atoms with E-state index in [-0.39, 0.29) is 11.3 Å². The molecule has 4 heteroatoms. The molecule has 27 heavy (non-hydrogen) atoms. The van der Waals surface area contributed by atoms with Gasteiger partial charge in [0.2, 0.25) is 0 Å². The second-order valence-corrected chi connectivity index (χ2v) is 6.60. The molecule has 0 aliphatic carbocycles. The molecule has 3 nitrogen and oxygen atoms in total. The average Bonchev–Trinajstić information content (AvgIpc) is 2.66. The van der Waals surface area contributed by atoms with Crippen LogP contribution in [0.4, 0.5) is 4.39 Å². The zero-order valence-electron chi connectivity index (χ0n) is 15.7. The summed E-state index contributed by atoms with van der Waals surface area (Å²) in [5.41, 5.74) is 0.338. The summed E-state index contributed by atoms with van der Waals surface area (Å²) in [5.74, 6) is -1.74. The number of unbranched alkanes of at least 4 members (excludes halogenated alkanes) is 1. The van der Waals surface area contributed by atoms with Crippen molar-refractivity contribution in [3.8, 4) is 5.75 Å². The van der Waals surface area contributed by atoms with Crippen LogP contribution in [-0.2, 0) is 0 Å². The van der Waals surface area contributed by atoms with Crippen LogP contribution in [0.3, 0.4) is 0 Å². The summed E-state index contributed by atoms with van der Waals surface area (Å²) in [6.45, 7) is 3.95. The highest BCUT2D eigenvalue weighted by atomic mass is 19.1. The van der Waals surface area contributed by atoms with Crippen LogP contribution in [-0.4, -0.2) is 16.7 Å². The molecule has 0 aliphatic rings. The topological polar surface area (TPSA) is 46.5 Å². The van der Waals surface area contributed by atoms with E-state index in [0.717, 1.165) is 24.5 Å². The Bertz CT molecular complexity index is 812. The summed E-state index contributed by atoms with van der Waals surface area (Å²) in [5, 5.41) is 9.12. The number of hydrogen-bond acceptors (Lipinski definition) is 2. The van der Waals surface area contributed by atoms with Crippen LogP contribution in [0.15, 0.2) is 66.8 Å². The molecule has 1 atom stereocenters. The van der Waals surface area contributed by atoms with E-state index >= 15 is 0 Å². The fourth-order valence-corrected chi connectivity index (χ4v) is 2.65. The molecule has 0 fully saturated rings. The van der Waals surface area contributed by atoms with Crippen LogP contribution < -0.4 is 4.74 Å². The Morgan fingerprint density at radius 2 is 1.93 bits per heavy atom. The third kappa shape index (κ3) is 6.41. The molecule has 2 aromatic rings. The van der Waals surface area contributed by atoms with Crippen molar-refractivity contribution in [2.75, 3.05) is 0 Å². The van der Waals surface area contributed by atoms with Gasteiger partial charge < -0.3 is 9.84 Å². The summed E-state index contributed by atoms with van der Waals surface area (Å²) < 4.78 is 20.1. The van der Waals surface area contributed by atoms with E-state index in [4.69, 9.17) is 9.84 Å². The number of carbonyl (C=O) groups is 1. The lowest BCUT2D eigenvalue weighted by Crippen LogP contribution is -2.30. The second-order valence-electron chi connectivity index (χ2n) is 6.60. The van der Waals surface area contributed by atoms with Crippen molar-refractivity contribution in [1.29, 1.82) is 0 Å². The lowest BCUT2D eigenvalue weighted by atomic mass is 9.97. The van der Waals surface area contributed by atoms with E-state index < -0.39 is 17.4 Å². The molecule has 0 aliphatic heterocycles. The van der Waals surface area contributed by atoms with Gasteiger partial charge in [0.15, 0.2) is 11.6 Å². The van der Waals surface area contributed by atoms with Gasteiger partial charge in [-0.2, -0.15) is 0 Å². The molecule has 2 aromatic carbocycles. The number of carboxylic acid groups (broad SMARTS) is 1. The molecule has 2 rings (SSSR count). The number of aromatic carboxylic acids is 1. The Hall–Kier alpha value is -2.88. The van der Waals surface area contributed by atoms with Crippen molar-refractivity contribution < 1.29 is 19.0 Å². The van der Waals surface area contributed by atoms with Gasteiger partial charge in [0.05, 0.1) is 5.56 Å². The maximum Gasteiger partial charge on any atom is 0.335 e. The average molecular weight is 368 g/mol. The number of halogens is 1. The standard InChI is InChI=1S/C23H25FO3/c1-3-4-15-23(2,16-9-8-12-18-10-6-5-7-11-18)27-21-17-19(22(25)26)13-14-20(21)24/h5-14,16-17H,3-4,15H2,1-2H3,(H,25,26)/b12-8-,16-9+. The molecule has 0 amide bonds. The quantitative estimate of drug-likeness (QED) is 0.542. The van der Waals surface area contributed by atoms with Crippen molar-refractivity contribution in [1.82, 2.24) is 0 Å². The first-order chi connectivity index (χ1) is 12.9. The van der Waals surface area contributed by atoms with Crippen LogP contribution in [0, 0.1) is 5.82 Å². The second kappa shape index (κ2) is 9.72.